The molecule has 0 bridgehead atoms. The van der Waals surface area contributed by atoms with Gasteiger partial charge < -0.3 is 5.73 Å². The molecule has 0 saturated heterocycles. The molecule has 0 aromatic rings. The molecule has 1 aliphatic carbocycles. The molecule has 0 aromatic carbocycles. The van der Waals surface area contributed by atoms with Crippen molar-refractivity contribution in [2.24, 2.45) is 11.7 Å². The van der Waals surface area contributed by atoms with Crippen molar-refractivity contribution < 1.29 is 4.79 Å². The number of carbonyl (C=O) groups is 1. The zero-order valence-electron chi connectivity index (χ0n) is 8.38. The Hall–Kier alpha value is -0.630. The maximum Gasteiger partial charge on any atom is 0.141 e. The molecule has 0 spiro atoms. The monoisotopic (exact) mass is 181 g/mol. The Labute approximate surface area is 80.2 Å². The van der Waals surface area contributed by atoms with Crippen molar-refractivity contribution in [1.29, 1.82) is 0 Å². The summed E-state index contributed by atoms with van der Waals surface area (Å²) in [5, 5.41) is 0. The van der Waals surface area contributed by atoms with Crippen LogP contribution >= 0.6 is 0 Å². The van der Waals surface area contributed by atoms with E-state index in [-0.39, 0.29) is 12.0 Å². The Kier molecular flexibility index (Phi) is 3.67. The zero-order valence-corrected chi connectivity index (χ0v) is 8.38. The molecule has 2 heteroatoms. The molecule has 2 atom stereocenters. The average molecular weight is 181 g/mol. The van der Waals surface area contributed by atoms with Crippen LogP contribution in [0.2, 0.25) is 0 Å². The molecule has 0 radical (unpaired) electrons. The van der Waals surface area contributed by atoms with E-state index in [4.69, 9.17) is 5.73 Å². The zero-order chi connectivity index (χ0) is 9.84. The van der Waals surface area contributed by atoms with E-state index < -0.39 is 0 Å². The second-order valence-corrected chi connectivity index (χ2v) is 3.95. The van der Waals surface area contributed by atoms with Gasteiger partial charge in [0.15, 0.2) is 0 Å². The molecule has 0 heterocycles. The van der Waals surface area contributed by atoms with Crippen LogP contribution < -0.4 is 5.73 Å². The van der Waals surface area contributed by atoms with E-state index >= 15 is 0 Å². The summed E-state index contributed by atoms with van der Waals surface area (Å²) < 4.78 is 0. The van der Waals surface area contributed by atoms with Gasteiger partial charge in [0.1, 0.15) is 5.78 Å². The molecule has 2 nitrogen and oxygen atoms in total. The van der Waals surface area contributed by atoms with Gasteiger partial charge >= 0.3 is 0 Å². The summed E-state index contributed by atoms with van der Waals surface area (Å²) in [5.74, 6) is 0.417. The third-order valence-corrected chi connectivity index (χ3v) is 2.91. The van der Waals surface area contributed by atoms with Crippen molar-refractivity contribution in [3.8, 4) is 0 Å². The minimum Gasteiger partial charge on any atom is -0.327 e. The predicted molar refractivity (Wildman–Crippen MR) is 54.4 cm³/mol. The van der Waals surface area contributed by atoms with Crippen molar-refractivity contribution >= 4 is 5.78 Å². The number of nitrogens with two attached hydrogens (primary N) is 1. The molecule has 1 aliphatic rings. The third-order valence-electron chi connectivity index (χ3n) is 2.91. The van der Waals surface area contributed by atoms with E-state index in [2.05, 4.69) is 6.58 Å². The summed E-state index contributed by atoms with van der Waals surface area (Å²) in [4.78, 5) is 11.7. The van der Waals surface area contributed by atoms with E-state index in [0.29, 0.717) is 12.2 Å². The predicted octanol–water partition coefficient (Wildman–Crippen LogP) is 2.04. The lowest BCUT2D eigenvalue weighted by molar-refractivity contribution is -0.122. The first kappa shape index (κ1) is 10.5. The average Bonchev–Trinajstić information content (AvgIpc) is 2.51. The number of rotatable bonds is 4. The molecule has 1 rings (SSSR count). The number of carbonyl (C=O) groups excluding carboxylic acids is 1. The number of Topliss-reactive ketones (excluding diaryl/α,β-unsaturated/α-hetero) is 1. The quantitative estimate of drug-likeness (QED) is 0.674. The van der Waals surface area contributed by atoms with E-state index in [0.717, 1.165) is 31.3 Å². The fraction of sp³-hybridized carbons (Fsp3) is 0.727. The number of allylic oxidation sites excluding steroid dienone is 1. The van der Waals surface area contributed by atoms with Crippen LogP contribution in [-0.2, 0) is 4.79 Å². The number of hydrogen-bond donors (Lipinski definition) is 1. The van der Waals surface area contributed by atoms with Gasteiger partial charge in [-0.05, 0) is 19.3 Å². The van der Waals surface area contributed by atoms with Crippen molar-refractivity contribution in [3.63, 3.8) is 0 Å². The highest BCUT2D eigenvalue weighted by Gasteiger charge is 2.29. The minimum atomic E-state index is 0.108. The molecule has 0 amide bonds. The molecule has 1 fully saturated rings. The number of hydrogen-bond acceptors (Lipinski definition) is 2. The van der Waals surface area contributed by atoms with Gasteiger partial charge in [-0.2, -0.15) is 0 Å². The summed E-state index contributed by atoms with van der Waals surface area (Å²) in [6, 6.07) is 0.108. The highest BCUT2D eigenvalue weighted by molar-refractivity contribution is 5.84. The van der Waals surface area contributed by atoms with E-state index in [1.807, 2.05) is 6.92 Å². The molecular formula is C11H19NO. The summed E-state index contributed by atoms with van der Waals surface area (Å²) in [6.07, 6.45) is 4.53. The molecule has 0 aliphatic heterocycles. The molecule has 1 saturated carbocycles. The number of ketones is 1. The van der Waals surface area contributed by atoms with E-state index in [9.17, 15) is 4.79 Å². The van der Waals surface area contributed by atoms with Gasteiger partial charge in [-0.3, -0.25) is 4.79 Å². The van der Waals surface area contributed by atoms with Crippen molar-refractivity contribution in [3.05, 3.63) is 12.2 Å². The standard InChI is InChI=1S/C11H19NO/c1-3-8(2)7-11(13)9-5-4-6-10(9)12/h9-10H,2-7,12H2,1H3. The lowest BCUT2D eigenvalue weighted by Gasteiger charge is -2.14. The Morgan fingerprint density at radius 1 is 1.54 bits per heavy atom. The first-order valence-electron chi connectivity index (χ1n) is 5.10. The molecule has 2 unspecified atom stereocenters. The highest BCUT2D eigenvalue weighted by Crippen LogP contribution is 2.26. The maximum atomic E-state index is 11.7. The Morgan fingerprint density at radius 2 is 2.23 bits per heavy atom. The van der Waals surface area contributed by atoms with Gasteiger partial charge in [0.05, 0.1) is 0 Å². The van der Waals surface area contributed by atoms with Crippen LogP contribution in [0.3, 0.4) is 0 Å². The van der Waals surface area contributed by atoms with E-state index in [1.54, 1.807) is 0 Å². The molecular weight excluding hydrogens is 162 g/mol. The normalized spacial score (nSPS) is 27.5. The fourth-order valence-corrected chi connectivity index (χ4v) is 1.89. The minimum absolute atomic E-state index is 0.108. The van der Waals surface area contributed by atoms with Gasteiger partial charge in [0.2, 0.25) is 0 Å². The van der Waals surface area contributed by atoms with Gasteiger partial charge in [0, 0.05) is 18.4 Å². The summed E-state index contributed by atoms with van der Waals surface area (Å²) in [6.45, 7) is 5.88. The highest BCUT2D eigenvalue weighted by atomic mass is 16.1. The lowest BCUT2D eigenvalue weighted by atomic mass is 9.94. The second kappa shape index (κ2) is 4.56. The van der Waals surface area contributed by atoms with Crippen LogP contribution in [0.15, 0.2) is 12.2 Å². The lowest BCUT2D eigenvalue weighted by Crippen LogP contribution is -2.30. The Morgan fingerprint density at radius 3 is 2.69 bits per heavy atom. The van der Waals surface area contributed by atoms with Crippen LogP contribution in [0, 0.1) is 5.92 Å². The van der Waals surface area contributed by atoms with Crippen molar-refractivity contribution in [1.82, 2.24) is 0 Å². The van der Waals surface area contributed by atoms with Crippen LogP contribution in [0.5, 0.6) is 0 Å². The topological polar surface area (TPSA) is 43.1 Å². The van der Waals surface area contributed by atoms with Gasteiger partial charge in [-0.15, -0.1) is 0 Å². The first-order chi connectivity index (χ1) is 6.15. The van der Waals surface area contributed by atoms with Gasteiger partial charge in [-0.1, -0.05) is 25.5 Å². The van der Waals surface area contributed by atoms with Gasteiger partial charge in [0.25, 0.3) is 0 Å². The second-order valence-electron chi connectivity index (χ2n) is 3.95. The van der Waals surface area contributed by atoms with Crippen LogP contribution in [0.1, 0.15) is 39.0 Å². The smallest absolute Gasteiger partial charge is 0.141 e. The molecule has 2 N–H and O–H groups in total. The van der Waals surface area contributed by atoms with Crippen LogP contribution in [0.25, 0.3) is 0 Å². The first-order valence-corrected chi connectivity index (χ1v) is 5.10. The Balaban J connectivity index is 2.43. The van der Waals surface area contributed by atoms with Crippen LogP contribution in [0.4, 0.5) is 0 Å². The molecule has 13 heavy (non-hydrogen) atoms. The summed E-state index contributed by atoms with van der Waals surface area (Å²) in [7, 11) is 0. The maximum absolute atomic E-state index is 11.7. The summed E-state index contributed by atoms with van der Waals surface area (Å²) in [5.41, 5.74) is 6.88. The van der Waals surface area contributed by atoms with E-state index in [1.165, 1.54) is 0 Å². The molecule has 74 valence electrons. The largest absolute Gasteiger partial charge is 0.327 e. The summed E-state index contributed by atoms with van der Waals surface area (Å²) >= 11 is 0. The molecule has 0 aromatic heterocycles. The van der Waals surface area contributed by atoms with Crippen LogP contribution in [-0.4, -0.2) is 11.8 Å². The van der Waals surface area contributed by atoms with Gasteiger partial charge in [-0.25, -0.2) is 0 Å². The SMILES string of the molecule is C=C(CC)CC(=O)C1CCCC1N. The Bertz CT molecular complexity index is 210. The van der Waals surface area contributed by atoms with Crippen molar-refractivity contribution in [2.75, 3.05) is 0 Å². The third kappa shape index (κ3) is 2.66. The van der Waals surface area contributed by atoms with Crippen molar-refractivity contribution in [2.45, 2.75) is 45.1 Å². The fourth-order valence-electron chi connectivity index (χ4n) is 1.89.